The minimum Gasteiger partial charge on any atom is -0.481 e. The number of hydrogen-bond donors (Lipinski definition) is 2. The van der Waals surface area contributed by atoms with Crippen molar-refractivity contribution in [3.8, 4) is 0 Å². The van der Waals surface area contributed by atoms with Crippen molar-refractivity contribution in [3.63, 3.8) is 0 Å². The largest absolute Gasteiger partial charge is 0.481 e. The van der Waals surface area contributed by atoms with Gasteiger partial charge in [0.15, 0.2) is 0 Å². The van der Waals surface area contributed by atoms with Crippen LogP contribution >= 0.6 is 0 Å². The second kappa shape index (κ2) is 8.08. The minimum atomic E-state index is -0.908. The molecule has 37 heavy (non-hydrogen) atoms. The SMILES string of the molecule is CC(=O)OC1CC(C)(C(=O)O)CC2C3=CCC4C5(C)CCC(O)C(C)(C)C5CCC4(C)C3(C)CCC12C. The summed E-state index contributed by atoms with van der Waals surface area (Å²) < 4.78 is 5.92. The van der Waals surface area contributed by atoms with Crippen molar-refractivity contribution in [3.05, 3.63) is 11.6 Å². The number of allylic oxidation sites excluding steroid dienone is 2. The van der Waals surface area contributed by atoms with E-state index in [4.69, 9.17) is 4.74 Å². The van der Waals surface area contributed by atoms with E-state index in [1.165, 1.54) is 12.5 Å². The number of aliphatic hydroxyl groups is 1. The topological polar surface area (TPSA) is 83.8 Å². The van der Waals surface area contributed by atoms with Crippen molar-refractivity contribution < 1.29 is 24.5 Å². The molecule has 0 aromatic heterocycles. The molecule has 0 amide bonds. The van der Waals surface area contributed by atoms with Crippen molar-refractivity contribution in [2.75, 3.05) is 0 Å². The van der Waals surface area contributed by atoms with E-state index in [-0.39, 0.29) is 51.2 Å². The van der Waals surface area contributed by atoms with Crippen LogP contribution in [-0.4, -0.2) is 34.4 Å². The smallest absolute Gasteiger partial charge is 0.309 e. The quantitative estimate of drug-likeness (QED) is 0.314. The van der Waals surface area contributed by atoms with Gasteiger partial charge in [0.25, 0.3) is 0 Å². The normalized spacial score (nSPS) is 52.5. The van der Waals surface area contributed by atoms with Gasteiger partial charge >= 0.3 is 11.9 Å². The molecule has 0 saturated heterocycles. The third-order valence-corrected chi connectivity index (χ3v) is 13.7. The highest BCUT2D eigenvalue weighted by atomic mass is 16.5. The highest BCUT2D eigenvalue weighted by Gasteiger charge is 2.69. The number of hydrogen-bond acceptors (Lipinski definition) is 4. The predicted octanol–water partition coefficient (Wildman–Crippen LogP) is 6.78. The molecular weight excluding hydrogens is 464 g/mol. The number of carboxylic acid groups (broad SMARTS) is 1. The van der Waals surface area contributed by atoms with Gasteiger partial charge < -0.3 is 14.9 Å². The second-order valence-electron chi connectivity index (χ2n) is 15.6. The second-order valence-corrected chi connectivity index (χ2v) is 15.6. The molecule has 0 spiro atoms. The highest BCUT2D eigenvalue weighted by Crippen LogP contribution is 2.75. The Balaban J connectivity index is 1.59. The summed E-state index contributed by atoms with van der Waals surface area (Å²) >= 11 is 0. The molecule has 0 radical (unpaired) electrons. The van der Waals surface area contributed by atoms with Crippen molar-refractivity contribution in [2.24, 2.45) is 50.2 Å². The fraction of sp³-hybridized carbons (Fsp3) is 0.875. The third kappa shape index (κ3) is 3.44. The summed E-state index contributed by atoms with van der Waals surface area (Å²) in [5.41, 5.74) is 0.517. The fourth-order valence-electron chi connectivity index (χ4n) is 11.0. The lowest BCUT2D eigenvalue weighted by Gasteiger charge is -2.71. The van der Waals surface area contributed by atoms with Crippen LogP contribution in [-0.2, 0) is 14.3 Å². The molecule has 0 bridgehead atoms. The molecule has 208 valence electrons. The van der Waals surface area contributed by atoms with Crippen LogP contribution in [0.4, 0.5) is 0 Å². The Morgan fingerprint density at radius 1 is 0.892 bits per heavy atom. The molecule has 5 nitrogen and oxygen atoms in total. The Hall–Kier alpha value is -1.36. The minimum absolute atomic E-state index is 0.00813. The Morgan fingerprint density at radius 3 is 2.19 bits per heavy atom. The van der Waals surface area contributed by atoms with Gasteiger partial charge in [-0.1, -0.05) is 53.2 Å². The first kappa shape index (κ1) is 27.2. The summed E-state index contributed by atoms with van der Waals surface area (Å²) in [5.74, 6) is 0.0507. The van der Waals surface area contributed by atoms with Gasteiger partial charge in [-0.15, -0.1) is 0 Å². The molecule has 2 N–H and O–H groups in total. The van der Waals surface area contributed by atoms with Crippen LogP contribution in [0, 0.1) is 50.2 Å². The Morgan fingerprint density at radius 2 is 1.57 bits per heavy atom. The monoisotopic (exact) mass is 514 g/mol. The maximum Gasteiger partial charge on any atom is 0.309 e. The summed E-state index contributed by atoms with van der Waals surface area (Å²) in [6.07, 6.45) is 10.2. The van der Waals surface area contributed by atoms with Gasteiger partial charge in [0.2, 0.25) is 0 Å². The van der Waals surface area contributed by atoms with Crippen LogP contribution in [0.3, 0.4) is 0 Å². The van der Waals surface area contributed by atoms with Crippen LogP contribution < -0.4 is 0 Å². The molecule has 5 aliphatic rings. The molecule has 5 heteroatoms. The molecule has 5 aliphatic carbocycles. The van der Waals surface area contributed by atoms with Gasteiger partial charge in [-0.05, 0) is 97.7 Å². The van der Waals surface area contributed by atoms with Crippen LogP contribution in [0.2, 0.25) is 0 Å². The van der Waals surface area contributed by atoms with Crippen molar-refractivity contribution >= 4 is 11.9 Å². The van der Waals surface area contributed by atoms with Gasteiger partial charge in [-0.3, -0.25) is 9.59 Å². The third-order valence-electron chi connectivity index (χ3n) is 13.7. The lowest BCUT2D eigenvalue weighted by atomic mass is 9.33. The van der Waals surface area contributed by atoms with Crippen molar-refractivity contribution in [1.82, 2.24) is 0 Å². The number of aliphatic hydroxyl groups excluding tert-OH is 1. The van der Waals surface area contributed by atoms with E-state index in [0.717, 1.165) is 44.9 Å². The summed E-state index contributed by atoms with van der Waals surface area (Å²) in [5, 5.41) is 21.2. The van der Waals surface area contributed by atoms with Gasteiger partial charge in [0.05, 0.1) is 11.5 Å². The van der Waals surface area contributed by atoms with Crippen molar-refractivity contribution in [2.45, 2.75) is 125 Å². The average Bonchev–Trinajstić information content (AvgIpc) is 2.78. The first-order chi connectivity index (χ1) is 17.0. The lowest BCUT2D eigenvalue weighted by molar-refractivity contribution is -0.211. The zero-order chi connectivity index (χ0) is 27.4. The number of ether oxygens (including phenoxy) is 1. The van der Waals surface area contributed by atoms with E-state index in [2.05, 4.69) is 47.6 Å². The van der Waals surface area contributed by atoms with Crippen LogP contribution in [0.5, 0.6) is 0 Å². The zero-order valence-corrected chi connectivity index (χ0v) is 24.4. The molecule has 5 rings (SSSR count). The van der Waals surface area contributed by atoms with E-state index in [1.807, 2.05) is 6.92 Å². The summed E-state index contributed by atoms with van der Waals surface area (Å²) in [7, 11) is 0. The zero-order valence-electron chi connectivity index (χ0n) is 24.4. The van der Waals surface area contributed by atoms with Crippen LogP contribution in [0.1, 0.15) is 113 Å². The number of carboxylic acids is 1. The number of fused-ring (bicyclic) bond motifs is 7. The van der Waals surface area contributed by atoms with Crippen molar-refractivity contribution in [1.29, 1.82) is 0 Å². The van der Waals surface area contributed by atoms with Gasteiger partial charge in [0.1, 0.15) is 6.10 Å². The number of rotatable bonds is 2. The molecule has 0 aromatic rings. The maximum atomic E-state index is 12.5. The Kier molecular flexibility index (Phi) is 5.95. The average molecular weight is 515 g/mol. The highest BCUT2D eigenvalue weighted by molar-refractivity contribution is 5.75. The lowest BCUT2D eigenvalue weighted by Crippen LogP contribution is -2.65. The molecule has 4 fully saturated rings. The number of aliphatic carboxylic acids is 1. The standard InChI is InChI=1S/C32H50O5/c1-19(33)37-25-18-28(4,26(35)36)17-21-20-9-10-23-30(6)13-12-24(34)27(2,3)22(30)11-14-32(23,8)31(20,7)16-15-29(21,25)5/h9,21-25,34H,10-18H2,1-8H3,(H,35,36). The maximum absolute atomic E-state index is 12.5. The van der Waals surface area contributed by atoms with E-state index >= 15 is 0 Å². The first-order valence-corrected chi connectivity index (χ1v) is 14.7. The van der Waals surface area contributed by atoms with E-state index in [9.17, 15) is 19.8 Å². The Bertz CT molecular complexity index is 1030. The summed E-state index contributed by atoms with van der Waals surface area (Å²) in [6, 6.07) is 0. The summed E-state index contributed by atoms with van der Waals surface area (Å²) in [4.78, 5) is 24.7. The molecule has 0 aromatic carbocycles. The molecular formula is C32H50O5. The van der Waals surface area contributed by atoms with Crippen LogP contribution in [0.15, 0.2) is 11.6 Å². The number of esters is 1. The number of carbonyl (C=O) groups is 2. The summed E-state index contributed by atoms with van der Waals surface area (Å²) in [6.45, 7) is 17.7. The van der Waals surface area contributed by atoms with Gasteiger partial charge in [0, 0.05) is 18.8 Å². The molecule has 10 unspecified atom stereocenters. The van der Waals surface area contributed by atoms with E-state index in [1.54, 1.807) is 0 Å². The number of carbonyl (C=O) groups excluding carboxylic acids is 1. The van der Waals surface area contributed by atoms with Gasteiger partial charge in [-0.25, -0.2) is 0 Å². The van der Waals surface area contributed by atoms with E-state index in [0.29, 0.717) is 24.7 Å². The van der Waals surface area contributed by atoms with E-state index < -0.39 is 11.4 Å². The Labute approximate surface area is 223 Å². The van der Waals surface area contributed by atoms with Crippen LogP contribution in [0.25, 0.3) is 0 Å². The molecule has 10 atom stereocenters. The molecule has 4 saturated carbocycles. The molecule has 0 aliphatic heterocycles. The predicted molar refractivity (Wildman–Crippen MR) is 144 cm³/mol. The van der Waals surface area contributed by atoms with Gasteiger partial charge in [-0.2, -0.15) is 0 Å². The molecule has 0 heterocycles. The fourth-order valence-corrected chi connectivity index (χ4v) is 11.0. The first-order valence-electron chi connectivity index (χ1n) is 14.7.